The summed E-state index contributed by atoms with van der Waals surface area (Å²) in [6, 6.07) is 7.10. The van der Waals surface area contributed by atoms with Crippen LogP contribution in [0.5, 0.6) is 5.75 Å². The molecule has 0 aromatic heterocycles. The van der Waals surface area contributed by atoms with Gasteiger partial charge in [0.05, 0.1) is 0 Å². The number of ether oxygens (including phenoxy) is 1. The summed E-state index contributed by atoms with van der Waals surface area (Å²) in [7, 11) is -2.00. The summed E-state index contributed by atoms with van der Waals surface area (Å²) >= 11 is 0. The number of hydrogen-bond donors (Lipinski definition) is 1. The molecule has 3 atom stereocenters. The highest BCUT2D eigenvalue weighted by molar-refractivity contribution is 6.74. The molecule has 1 saturated heterocycles. The number of carboxylic acids is 1. The molecule has 0 saturated carbocycles. The van der Waals surface area contributed by atoms with E-state index in [0.29, 0.717) is 13.0 Å². The van der Waals surface area contributed by atoms with E-state index in [9.17, 15) is 14.7 Å². The zero-order chi connectivity index (χ0) is 24.7. The minimum absolute atomic E-state index is 0.0359. The third kappa shape index (κ3) is 5.66. The van der Waals surface area contributed by atoms with Crippen molar-refractivity contribution in [1.29, 1.82) is 0 Å². The molecule has 1 amide bonds. The van der Waals surface area contributed by atoms with Crippen LogP contribution in [0, 0.1) is 5.92 Å². The normalized spacial score (nSPS) is 24.8. The second kappa shape index (κ2) is 8.73. The van der Waals surface area contributed by atoms with Crippen LogP contribution in [-0.4, -0.2) is 48.6 Å². The fraction of sp³-hybridized carbons (Fsp3) is 0.680. The minimum atomic E-state index is -2.00. The fourth-order valence-corrected chi connectivity index (χ4v) is 4.87. The number of carboxylic acid groups (broad SMARTS) is 1. The number of rotatable bonds is 4. The summed E-state index contributed by atoms with van der Waals surface area (Å²) in [6.07, 6.45) is -0.263. The van der Waals surface area contributed by atoms with Crippen molar-refractivity contribution < 1.29 is 23.9 Å². The standard InChI is InChI=1S/C25H41NO5Si/c1-17-16-26(22(29)30-23(2,3)4)20(21(27)28)15-25(17,8)18-12-11-13-19(14-18)31-32(9,10)24(5,6)7/h11-14,17,20H,15-16H2,1-10H3,(H,27,28)/t17-,20+,25+/m0/s1. The van der Waals surface area contributed by atoms with Gasteiger partial charge < -0.3 is 14.3 Å². The highest BCUT2D eigenvalue weighted by atomic mass is 28.4. The molecular formula is C25H41NO5Si. The van der Waals surface area contributed by atoms with Gasteiger partial charge in [-0.05, 0) is 74.4 Å². The summed E-state index contributed by atoms with van der Waals surface area (Å²) in [4.78, 5) is 26.3. The first-order chi connectivity index (χ1) is 14.4. The number of amides is 1. The molecule has 1 N–H and O–H groups in total. The zero-order valence-electron chi connectivity index (χ0n) is 21.4. The third-order valence-electron chi connectivity index (χ3n) is 7.14. The molecule has 1 aromatic carbocycles. The van der Waals surface area contributed by atoms with Gasteiger partial charge in [-0.25, -0.2) is 9.59 Å². The molecule has 1 heterocycles. The Balaban J connectivity index is 2.36. The molecule has 1 aromatic rings. The molecule has 6 nitrogen and oxygen atoms in total. The van der Waals surface area contributed by atoms with Gasteiger partial charge in [-0.1, -0.05) is 46.8 Å². The first-order valence-electron chi connectivity index (χ1n) is 11.4. The highest BCUT2D eigenvalue weighted by Gasteiger charge is 2.48. The average Bonchev–Trinajstić information content (AvgIpc) is 2.61. The van der Waals surface area contributed by atoms with Crippen molar-refractivity contribution in [3.05, 3.63) is 29.8 Å². The van der Waals surface area contributed by atoms with Crippen LogP contribution in [-0.2, 0) is 14.9 Å². The van der Waals surface area contributed by atoms with Gasteiger partial charge in [-0.15, -0.1) is 0 Å². The van der Waals surface area contributed by atoms with Crippen molar-refractivity contribution in [3.63, 3.8) is 0 Å². The predicted molar refractivity (Wildman–Crippen MR) is 130 cm³/mol. The van der Waals surface area contributed by atoms with E-state index >= 15 is 0 Å². The lowest BCUT2D eigenvalue weighted by Gasteiger charge is -2.48. The van der Waals surface area contributed by atoms with Crippen molar-refractivity contribution in [1.82, 2.24) is 4.90 Å². The van der Waals surface area contributed by atoms with Crippen molar-refractivity contribution in [2.75, 3.05) is 6.54 Å². The molecular weight excluding hydrogens is 422 g/mol. The number of piperidine rings is 1. The summed E-state index contributed by atoms with van der Waals surface area (Å²) < 4.78 is 12.0. The lowest BCUT2D eigenvalue weighted by atomic mass is 9.66. The van der Waals surface area contributed by atoms with Crippen LogP contribution in [0.3, 0.4) is 0 Å². The van der Waals surface area contributed by atoms with Crippen LogP contribution < -0.4 is 4.43 Å². The molecule has 180 valence electrons. The second-order valence-corrected chi connectivity index (χ2v) is 16.6. The monoisotopic (exact) mass is 463 g/mol. The Labute approximate surface area is 194 Å². The molecule has 0 radical (unpaired) electrons. The van der Waals surface area contributed by atoms with Crippen molar-refractivity contribution in [3.8, 4) is 5.75 Å². The van der Waals surface area contributed by atoms with Gasteiger partial charge in [0, 0.05) is 6.54 Å². The second-order valence-electron chi connectivity index (χ2n) is 11.9. The first-order valence-corrected chi connectivity index (χ1v) is 14.3. The largest absolute Gasteiger partial charge is 0.543 e. The molecule has 0 spiro atoms. The predicted octanol–water partition coefficient (Wildman–Crippen LogP) is 6.06. The number of hydrogen-bond acceptors (Lipinski definition) is 4. The molecule has 32 heavy (non-hydrogen) atoms. The van der Waals surface area contributed by atoms with Crippen LogP contribution in [0.25, 0.3) is 0 Å². The average molecular weight is 464 g/mol. The number of carbonyl (C=O) groups excluding carboxylic acids is 1. The summed E-state index contributed by atoms with van der Waals surface area (Å²) in [6.45, 7) is 20.9. The van der Waals surface area contributed by atoms with Crippen LogP contribution >= 0.6 is 0 Å². The maximum absolute atomic E-state index is 12.8. The molecule has 0 aliphatic carbocycles. The number of likely N-dealkylation sites (tertiary alicyclic amines) is 1. The molecule has 0 bridgehead atoms. The van der Waals surface area contributed by atoms with Gasteiger partial charge >= 0.3 is 12.1 Å². The summed E-state index contributed by atoms with van der Waals surface area (Å²) in [5.41, 5.74) is -0.0650. The minimum Gasteiger partial charge on any atom is -0.543 e. The Morgan fingerprint density at radius 3 is 2.25 bits per heavy atom. The van der Waals surface area contributed by atoms with E-state index in [0.717, 1.165) is 11.3 Å². The first kappa shape index (κ1) is 26.2. The van der Waals surface area contributed by atoms with Crippen molar-refractivity contribution in [2.24, 2.45) is 5.92 Å². The fourth-order valence-electron chi connectivity index (χ4n) is 3.84. The lowest BCUT2D eigenvalue weighted by Crippen LogP contribution is -2.58. The quantitative estimate of drug-likeness (QED) is 0.549. The SMILES string of the molecule is C[C@H]1CN(C(=O)OC(C)(C)C)[C@@H](C(=O)O)C[C@@]1(C)c1cccc(O[Si](C)(C)C(C)(C)C)c1. The van der Waals surface area contributed by atoms with Crippen LogP contribution in [0.4, 0.5) is 4.79 Å². The number of benzene rings is 1. The van der Waals surface area contributed by atoms with E-state index in [1.165, 1.54) is 4.90 Å². The zero-order valence-corrected chi connectivity index (χ0v) is 22.4. The molecule has 7 heteroatoms. The van der Waals surface area contributed by atoms with E-state index in [-0.39, 0.29) is 11.0 Å². The van der Waals surface area contributed by atoms with E-state index in [1.54, 1.807) is 20.8 Å². The van der Waals surface area contributed by atoms with E-state index in [4.69, 9.17) is 9.16 Å². The molecule has 0 unspecified atom stereocenters. The van der Waals surface area contributed by atoms with Gasteiger partial charge in [0.25, 0.3) is 0 Å². The topological polar surface area (TPSA) is 76.1 Å². The lowest BCUT2D eigenvalue weighted by molar-refractivity contribution is -0.146. The maximum Gasteiger partial charge on any atom is 0.411 e. The number of aliphatic carboxylic acids is 1. The number of carbonyl (C=O) groups is 2. The Bertz CT molecular complexity index is 855. The van der Waals surface area contributed by atoms with Gasteiger partial charge in [0.1, 0.15) is 17.4 Å². The Morgan fingerprint density at radius 1 is 1.16 bits per heavy atom. The smallest absolute Gasteiger partial charge is 0.411 e. The van der Waals surface area contributed by atoms with Gasteiger partial charge in [-0.2, -0.15) is 0 Å². The molecule has 1 aliphatic rings. The van der Waals surface area contributed by atoms with Crippen molar-refractivity contribution >= 4 is 20.4 Å². The van der Waals surface area contributed by atoms with Crippen LogP contribution in [0.1, 0.15) is 67.4 Å². The highest BCUT2D eigenvalue weighted by Crippen LogP contribution is 2.44. The van der Waals surface area contributed by atoms with Gasteiger partial charge in [0.15, 0.2) is 0 Å². The van der Waals surface area contributed by atoms with Crippen LogP contribution in [0.2, 0.25) is 18.1 Å². The Morgan fingerprint density at radius 2 is 1.75 bits per heavy atom. The molecule has 1 aliphatic heterocycles. The molecule has 1 fully saturated rings. The van der Waals surface area contributed by atoms with E-state index < -0.39 is 37.4 Å². The molecule has 2 rings (SSSR count). The number of nitrogens with zero attached hydrogens (tertiary/aromatic N) is 1. The summed E-state index contributed by atoms with van der Waals surface area (Å²) in [5, 5.41) is 10.0. The van der Waals surface area contributed by atoms with Crippen LogP contribution in [0.15, 0.2) is 24.3 Å². The summed E-state index contributed by atoms with van der Waals surface area (Å²) in [5.74, 6) is -0.152. The Hall–Kier alpha value is -2.02. The van der Waals surface area contributed by atoms with E-state index in [1.807, 2.05) is 18.2 Å². The van der Waals surface area contributed by atoms with Gasteiger partial charge in [-0.3, -0.25) is 4.90 Å². The van der Waals surface area contributed by atoms with Crippen molar-refractivity contribution in [2.45, 2.75) is 97.0 Å². The Kier molecular flexibility index (Phi) is 7.15. The maximum atomic E-state index is 12.8. The van der Waals surface area contributed by atoms with E-state index in [2.05, 4.69) is 53.8 Å². The van der Waals surface area contributed by atoms with Gasteiger partial charge in [0.2, 0.25) is 8.32 Å². The third-order valence-corrected chi connectivity index (χ3v) is 11.5.